The molecule has 7 heteroatoms. The first-order valence-corrected chi connectivity index (χ1v) is 15.8. The van der Waals surface area contributed by atoms with Gasteiger partial charge in [-0.3, -0.25) is 4.90 Å². The van der Waals surface area contributed by atoms with Crippen LogP contribution in [0.15, 0.2) is 48.9 Å². The lowest BCUT2D eigenvalue weighted by Crippen LogP contribution is -2.51. The van der Waals surface area contributed by atoms with Crippen molar-refractivity contribution in [1.82, 2.24) is 20.5 Å². The summed E-state index contributed by atoms with van der Waals surface area (Å²) in [6, 6.07) is 13.1. The van der Waals surface area contributed by atoms with Crippen LogP contribution in [0.5, 0.6) is 5.75 Å². The van der Waals surface area contributed by atoms with Gasteiger partial charge in [-0.2, -0.15) is 0 Å². The summed E-state index contributed by atoms with van der Waals surface area (Å²) in [7, 11) is 0. The normalized spacial score (nSPS) is 24.3. The summed E-state index contributed by atoms with van der Waals surface area (Å²) in [5.74, 6) is 2.14. The smallest absolute Gasteiger partial charge is 0.187 e. The molecule has 1 aromatic heterocycles. The molecule has 7 nitrogen and oxygen atoms in total. The summed E-state index contributed by atoms with van der Waals surface area (Å²) >= 11 is 0. The van der Waals surface area contributed by atoms with E-state index in [0.717, 1.165) is 70.1 Å². The van der Waals surface area contributed by atoms with E-state index in [1.807, 2.05) is 25.1 Å². The van der Waals surface area contributed by atoms with E-state index in [4.69, 9.17) is 9.72 Å². The number of ether oxygens (including phenoxy) is 1. The summed E-state index contributed by atoms with van der Waals surface area (Å²) in [6.07, 6.45) is 9.63. The molecule has 2 aromatic carbocycles. The molecule has 218 valence electrons. The van der Waals surface area contributed by atoms with Crippen LogP contribution in [-0.2, 0) is 11.3 Å². The van der Waals surface area contributed by atoms with Crippen LogP contribution in [0, 0.1) is 0 Å². The zero-order chi connectivity index (χ0) is 28.4. The van der Waals surface area contributed by atoms with E-state index in [9.17, 15) is 5.11 Å². The Balaban J connectivity index is 1.24. The number of pyridine rings is 1. The van der Waals surface area contributed by atoms with Crippen molar-refractivity contribution in [3.8, 4) is 17.0 Å². The molecular weight excluding hydrogens is 522 g/mol. The molecule has 0 radical (unpaired) electrons. The third kappa shape index (κ3) is 4.36. The van der Waals surface area contributed by atoms with E-state index in [2.05, 4.69) is 51.3 Å². The van der Waals surface area contributed by atoms with Gasteiger partial charge in [0.2, 0.25) is 0 Å². The molecule has 8 rings (SSSR count). The third-order valence-electron chi connectivity index (χ3n) is 10.4. The summed E-state index contributed by atoms with van der Waals surface area (Å²) in [5, 5.41) is 20.3. The second-order valence-corrected chi connectivity index (χ2v) is 13.2. The highest BCUT2D eigenvalue weighted by Crippen LogP contribution is 2.41. The molecule has 42 heavy (non-hydrogen) atoms. The molecule has 0 saturated carbocycles. The van der Waals surface area contributed by atoms with E-state index in [1.165, 1.54) is 57.2 Å². The van der Waals surface area contributed by atoms with Crippen LogP contribution in [0.2, 0.25) is 0 Å². The van der Waals surface area contributed by atoms with Crippen LogP contribution in [0.1, 0.15) is 62.1 Å². The van der Waals surface area contributed by atoms with Crippen molar-refractivity contribution in [2.24, 2.45) is 0 Å². The molecule has 2 bridgehead atoms. The van der Waals surface area contributed by atoms with Crippen LogP contribution < -0.4 is 15.5 Å². The van der Waals surface area contributed by atoms with Gasteiger partial charge in [-0.1, -0.05) is 30.4 Å². The Morgan fingerprint density at radius 2 is 1.90 bits per heavy atom. The maximum Gasteiger partial charge on any atom is 0.187 e. The fourth-order valence-corrected chi connectivity index (χ4v) is 8.36. The minimum atomic E-state index is 0.205. The fourth-order valence-electron chi connectivity index (χ4n) is 8.36. The molecule has 5 aliphatic heterocycles. The number of hydrogen-bond acceptors (Lipinski definition) is 7. The van der Waals surface area contributed by atoms with Gasteiger partial charge in [0.05, 0.1) is 11.2 Å². The lowest BCUT2D eigenvalue weighted by molar-refractivity contribution is 0.0660. The number of rotatable bonds is 6. The summed E-state index contributed by atoms with van der Waals surface area (Å²) in [4.78, 5) is 10.5. The SMILES string of the molecule is C=C(C)c1cccc2cc(O)cc(-c3cc4c(c(N5CC6CCC(C5)N6)n3)CNC(OCC35CCCN3CCC5)=C4)c12. The van der Waals surface area contributed by atoms with E-state index in [-0.39, 0.29) is 11.3 Å². The van der Waals surface area contributed by atoms with Crippen molar-refractivity contribution < 1.29 is 9.84 Å². The van der Waals surface area contributed by atoms with E-state index < -0.39 is 0 Å². The van der Waals surface area contributed by atoms with Gasteiger partial charge < -0.3 is 25.4 Å². The zero-order valence-electron chi connectivity index (χ0n) is 24.6. The number of piperazine rings is 1. The van der Waals surface area contributed by atoms with Gasteiger partial charge in [-0.15, -0.1) is 0 Å². The molecule has 6 heterocycles. The molecule has 5 aliphatic rings. The van der Waals surface area contributed by atoms with Crippen molar-refractivity contribution in [2.45, 2.75) is 69.6 Å². The molecule has 3 aromatic rings. The number of nitrogens with one attached hydrogen (secondary N) is 2. The van der Waals surface area contributed by atoms with E-state index in [0.29, 0.717) is 18.6 Å². The minimum Gasteiger partial charge on any atom is -0.508 e. The van der Waals surface area contributed by atoms with E-state index >= 15 is 0 Å². The second-order valence-electron chi connectivity index (χ2n) is 13.2. The Morgan fingerprint density at radius 3 is 2.67 bits per heavy atom. The van der Waals surface area contributed by atoms with Crippen molar-refractivity contribution in [3.05, 3.63) is 65.6 Å². The Hall–Kier alpha value is -3.55. The van der Waals surface area contributed by atoms with Crippen LogP contribution in [0.4, 0.5) is 5.82 Å². The van der Waals surface area contributed by atoms with Gasteiger partial charge in [-0.05, 0) is 98.6 Å². The van der Waals surface area contributed by atoms with Crippen LogP contribution in [0.25, 0.3) is 33.7 Å². The van der Waals surface area contributed by atoms with Gasteiger partial charge >= 0.3 is 0 Å². The number of aromatic nitrogens is 1. The first-order chi connectivity index (χ1) is 20.5. The molecule has 0 amide bonds. The van der Waals surface area contributed by atoms with E-state index in [1.54, 1.807) is 0 Å². The number of anilines is 1. The largest absolute Gasteiger partial charge is 0.508 e. The number of aromatic hydroxyl groups is 1. The maximum atomic E-state index is 10.8. The Kier molecular flexibility index (Phi) is 6.23. The number of hydrogen-bond donors (Lipinski definition) is 3. The predicted octanol–water partition coefficient (Wildman–Crippen LogP) is 5.63. The number of allylic oxidation sites excluding steroid dienone is 1. The molecule has 4 saturated heterocycles. The number of phenolic OH excluding ortho intramolecular Hbond substituents is 1. The average Bonchev–Trinajstić information content (AvgIpc) is 3.67. The summed E-state index contributed by atoms with van der Waals surface area (Å²) in [6.45, 7) is 12.1. The highest BCUT2D eigenvalue weighted by Gasteiger charge is 2.45. The Bertz CT molecular complexity index is 1590. The van der Waals surface area contributed by atoms with Crippen LogP contribution in [-0.4, -0.2) is 65.4 Å². The third-order valence-corrected chi connectivity index (χ3v) is 10.4. The van der Waals surface area contributed by atoms with Gasteiger partial charge in [0.1, 0.15) is 18.2 Å². The topological polar surface area (TPSA) is 72.9 Å². The number of fused-ring (bicyclic) bond motifs is 5. The first-order valence-electron chi connectivity index (χ1n) is 15.8. The molecule has 0 spiro atoms. The van der Waals surface area contributed by atoms with Crippen molar-refractivity contribution in [1.29, 1.82) is 0 Å². The molecule has 2 unspecified atom stereocenters. The summed E-state index contributed by atoms with van der Waals surface area (Å²) < 4.78 is 6.56. The molecule has 0 aliphatic carbocycles. The minimum absolute atomic E-state index is 0.205. The average molecular weight is 564 g/mol. The monoisotopic (exact) mass is 563 g/mol. The van der Waals surface area contributed by atoms with Gasteiger partial charge in [0, 0.05) is 48.9 Å². The van der Waals surface area contributed by atoms with Crippen LogP contribution >= 0.6 is 0 Å². The van der Waals surface area contributed by atoms with Crippen LogP contribution in [0.3, 0.4) is 0 Å². The number of benzene rings is 2. The molecular formula is C35H41N5O2. The number of nitrogens with zero attached hydrogens (tertiary/aromatic N) is 3. The van der Waals surface area contributed by atoms with Gasteiger partial charge in [-0.25, -0.2) is 4.98 Å². The lowest BCUT2D eigenvalue weighted by atomic mass is 9.92. The molecule has 4 fully saturated rings. The quantitative estimate of drug-likeness (QED) is 0.359. The molecule has 3 N–H and O–H groups in total. The fraction of sp³-hybridized carbons (Fsp3) is 0.457. The lowest BCUT2D eigenvalue weighted by Gasteiger charge is -2.36. The highest BCUT2D eigenvalue weighted by atomic mass is 16.5. The van der Waals surface area contributed by atoms with Crippen molar-refractivity contribution in [3.63, 3.8) is 0 Å². The highest BCUT2D eigenvalue weighted by molar-refractivity contribution is 6.04. The van der Waals surface area contributed by atoms with Gasteiger partial charge in [0.15, 0.2) is 5.88 Å². The predicted molar refractivity (Wildman–Crippen MR) is 169 cm³/mol. The maximum absolute atomic E-state index is 10.8. The van der Waals surface area contributed by atoms with Crippen molar-refractivity contribution in [2.75, 3.05) is 37.7 Å². The van der Waals surface area contributed by atoms with Gasteiger partial charge in [0.25, 0.3) is 0 Å². The molecule has 2 atom stereocenters. The standard InChI is InChI=1S/C35H41N5O2/c1-22(2)28-7-3-6-23-14-27(41)17-29(33(23)28)31-15-24-16-32(42-21-35-10-4-12-40(35)13-5-11-35)36-18-30(24)34(38-31)39-19-25-8-9-26(20-39)37-25/h3,6-7,14-17,25-26,36-37,41H,1,4-5,8-13,18-21H2,2H3. The Labute approximate surface area is 248 Å². The summed E-state index contributed by atoms with van der Waals surface area (Å²) in [5.41, 5.74) is 6.46. The second kappa shape index (κ2) is 10.0. The first kappa shape index (κ1) is 26.1. The zero-order valence-corrected chi connectivity index (χ0v) is 24.6. The Morgan fingerprint density at radius 1 is 1.12 bits per heavy atom. The number of phenols is 1. The van der Waals surface area contributed by atoms with Crippen molar-refractivity contribution >= 4 is 28.2 Å².